The summed E-state index contributed by atoms with van der Waals surface area (Å²) in [6.07, 6.45) is 0.463. The van der Waals surface area contributed by atoms with E-state index in [-0.39, 0.29) is 36.1 Å². The zero-order valence-electron chi connectivity index (χ0n) is 15.0. The summed E-state index contributed by atoms with van der Waals surface area (Å²) < 4.78 is 5.33. The molecule has 0 aliphatic carbocycles. The van der Waals surface area contributed by atoms with E-state index >= 15 is 0 Å². The molecule has 0 fully saturated rings. The lowest BCUT2D eigenvalue weighted by atomic mass is 10.2. The molecule has 0 heterocycles. The van der Waals surface area contributed by atoms with Gasteiger partial charge in [-0.2, -0.15) is 0 Å². The van der Waals surface area contributed by atoms with Crippen LogP contribution in [0.4, 0.5) is 4.79 Å². The van der Waals surface area contributed by atoms with Gasteiger partial charge in [0.05, 0.1) is 0 Å². The number of hydrogen-bond donors (Lipinski definition) is 2. The molecular formula is C15H33IN4O2. The Hall–Kier alpha value is -0.730. The van der Waals surface area contributed by atoms with Gasteiger partial charge in [-0.3, -0.25) is 4.99 Å². The number of ether oxygens (including phenoxy) is 1. The molecule has 6 nitrogen and oxygen atoms in total. The molecule has 0 spiro atoms. The lowest BCUT2D eigenvalue weighted by molar-refractivity contribution is 0.0231. The average Bonchev–Trinajstić information content (AvgIpc) is 2.33. The van der Waals surface area contributed by atoms with E-state index < -0.39 is 5.60 Å². The minimum absolute atomic E-state index is 0. The summed E-state index contributed by atoms with van der Waals surface area (Å²) in [4.78, 5) is 17.7. The van der Waals surface area contributed by atoms with Crippen LogP contribution in [0.2, 0.25) is 0 Å². The normalized spacial score (nSPS) is 13.4. The molecule has 1 amide bonds. The van der Waals surface area contributed by atoms with Crippen LogP contribution in [0.15, 0.2) is 4.99 Å². The van der Waals surface area contributed by atoms with Gasteiger partial charge in [0.1, 0.15) is 5.60 Å². The number of nitrogens with zero attached hydrogens (tertiary/aromatic N) is 2. The maximum atomic E-state index is 11.9. The summed E-state index contributed by atoms with van der Waals surface area (Å²) in [5, 5.41) is 3.06. The van der Waals surface area contributed by atoms with Gasteiger partial charge in [-0.05, 0) is 40.0 Å². The molecule has 0 radical (unpaired) electrons. The Labute approximate surface area is 152 Å². The maximum absolute atomic E-state index is 11.9. The molecule has 3 N–H and O–H groups in total. The highest BCUT2D eigenvalue weighted by Gasteiger charge is 2.22. The van der Waals surface area contributed by atoms with E-state index in [2.05, 4.69) is 24.2 Å². The number of rotatable bonds is 6. The fourth-order valence-electron chi connectivity index (χ4n) is 1.45. The molecule has 0 aromatic rings. The van der Waals surface area contributed by atoms with Crippen molar-refractivity contribution in [2.45, 2.75) is 59.6 Å². The molecule has 7 heteroatoms. The van der Waals surface area contributed by atoms with Gasteiger partial charge in [-0.25, -0.2) is 4.79 Å². The molecule has 0 aliphatic heterocycles. The molecule has 0 aromatic heterocycles. The Balaban J connectivity index is 0. The molecular weight excluding hydrogens is 395 g/mol. The first kappa shape index (κ1) is 23.5. The molecule has 1 unspecified atom stereocenters. The van der Waals surface area contributed by atoms with E-state index in [0.29, 0.717) is 25.0 Å². The molecule has 0 aromatic carbocycles. The number of carbonyl (C=O) groups is 1. The Morgan fingerprint density at radius 2 is 1.86 bits per heavy atom. The number of nitrogens with two attached hydrogens (primary N) is 1. The van der Waals surface area contributed by atoms with Crippen molar-refractivity contribution in [1.82, 2.24) is 10.2 Å². The predicted octanol–water partition coefficient (Wildman–Crippen LogP) is 2.81. The van der Waals surface area contributed by atoms with Crippen molar-refractivity contribution < 1.29 is 9.53 Å². The minimum Gasteiger partial charge on any atom is -0.444 e. The number of carbonyl (C=O) groups excluding carboxylic acids is 1. The van der Waals surface area contributed by atoms with Crippen molar-refractivity contribution in [2.75, 3.05) is 20.1 Å². The maximum Gasteiger partial charge on any atom is 0.410 e. The van der Waals surface area contributed by atoms with Crippen LogP contribution in [0.5, 0.6) is 0 Å². The fourth-order valence-corrected chi connectivity index (χ4v) is 1.45. The van der Waals surface area contributed by atoms with Crippen LogP contribution in [-0.2, 0) is 4.74 Å². The summed E-state index contributed by atoms with van der Waals surface area (Å²) in [6, 6.07) is 0.0604. The van der Waals surface area contributed by atoms with Crippen LogP contribution in [0.1, 0.15) is 48.0 Å². The summed E-state index contributed by atoms with van der Waals surface area (Å²) in [5.74, 6) is 0.943. The van der Waals surface area contributed by atoms with Crippen molar-refractivity contribution in [3.8, 4) is 0 Å². The van der Waals surface area contributed by atoms with Gasteiger partial charge in [0.25, 0.3) is 0 Å². The Bertz CT molecular complexity index is 354. The highest BCUT2D eigenvalue weighted by atomic mass is 127. The predicted molar refractivity (Wildman–Crippen MR) is 103 cm³/mol. The number of aliphatic imine (C=N–C) groups is 1. The van der Waals surface area contributed by atoms with Crippen LogP contribution >= 0.6 is 24.0 Å². The standard InChI is InChI=1S/C15H32N4O2.HI/c1-11(2)10-18-13(16)17-9-8-12(3)19(7)14(20)21-15(4,5)6;/h11-12H,8-10H2,1-7H3,(H3,16,17,18);1H. The molecule has 132 valence electrons. The second kappa shape index (κ2) is 10.9. The van der Waals surface area contributed by atoms with Crippen molar-refractivity contribution in [3.05, 3.63) is 0 Å². The Kier molecular flexibility index (Phi) is 11.7. The SMILES string of the molecule is CC(C)CN=C(N)NCCC(C)N(C)C(=O)OC(C)(C)C.I. The largest absolute Gasteiger partial charge is 0.444 e. The second-order valence-corrected chi connectivity index (χ2v) is 6.78. The second-order valence-electron chi connectivity index (χ2n) is 6.78. The first-order valence-corrected chi connectivity index (χ1v) is 7.52. The molecule has 0 saturated carbocycles. The lowest BCUT2D eigenvalue weighted by Gasteiger charge is -2.28. The molecule has 0 rings (SSSR count). The summed E-state index contributed by atoms with van der Waals surface area (Å²) in [5.41, 5.74) is 5.29. The van der Waals surface area contributed by atoms with Gasteiger partial charge < -0.3 is 20.7 Å². The third kappa shape index (κ3) is 11.9. The van der Waals surface area contributed by atoms with Crippen molar-refractivity contribution in [2.24, 2.45) is 16.6 Å². The quantitative estimate of drug-likeness (QED) is 0.388. The number of guanidine groups is 1. The third-order valence-electron chi connectivity index (χ3n) is 2.84. The van der Waals surface area contributed by atoms with Gasteiger partial charge >= 0.3 is 6.09 Å². The molecule has 0 bridgehead atoms. The van der Waals surface area contributed by atoms with E-state index in [1.807, 2.05) is 27.7 Å². The monoisotopic (exact) mass is 428 g/mol. The van der Waals surface area contributed by atoms with E-state index in [0.717, 1.165) is 6.42 Å². The van der Waals surface area contributed by atoms with Crippen molar-refractivity contribution in [1.29, 1.82) is 0 Å². The minimum atomic E-state index is -0.475. The Morgan fingerprint density at radius 3 is 2.32 bits per heavy atom. The topological polar surface area (TPSA) is 80.0 Å². The number of nitrogens with one attached hydrogen (secondary N) is 1. The first-order valence-electron chi connectivity index (χ1n) is 7.52. The van der Waals surface area contributed by atoms with Crippen molar-refractivity contribution >= 4 is 36.0 Å². The highest BCUT2D eigenvalue weighted by Crippen LogP contribution is 2.11. The Morgan fingerprint density at radius 1 is 1.32 bits per heavy atom. The van der Waals surface area contributed by atoms with Gasteiger partial charge in [0.15, 0.2) is 5.96 Å². The first-order chi connectivity index (χ1) is 9.53. The summed E-state index contributed by atoms with van der Waals surface area (Å²) >= 11 is 0. The van der Waals surface area contributed by atoms with Crippen molar-refractivity contribution in [3.63, 3.8) is 0 Å². The van der Waals surface area contributed by atoms with Crippen LogP contribution in [0, 0.1) is 5.92 Å². The van der Waals surface area contributed by atoms with Gasteiger partial charge in [-0.1, -0.05) is 13.8 Å². The molecule has 22 heavy (non-hydrogen) atoms. The van der Waals surface area contributed by atoms with Gasteiger partial charge in [0.2, 0.25) is 0 Å². The zero-order chi connectivity index (χ0) is 16.6. The van der Waals surface area contributed by atoms with Crippen LogP contribution in [-0.4, -0.2) is 48.7 Å². The summed E-state index contributed by atoms with van der Waals surface area (Å²) in [6.45, 7) is 13.1. The van der Waals surface area contributed by atoms with Crippen LogP contribution in [0.3, 0.4) is 0 Å². The van der Waals surface area contributed by atoms with E-state index in [9.17, 15) is 4.79 Å². The van der Waals surface area contributed by atoms with Gasteiger partial charge in [-0.15, -0.1) is 24.0 Å². The van der Waals surface area contributed by atoms with E-state index in [4.69, 9.17) is 10.5 Å². The third-order valence-corrected chi connectivity index (χ3v) is 2.84. The lowest BCUT2D eigenvalue weighted by Crippen LogP contribution is -2.41. The van der Waals surface area contributed by atoms with Gasteiger partial charge in [0, 0.05) is 26.2 Å². The molecule has 0 aliphatic rings. The fraction of sp³-hybridized carbons (Fsp3) is 0.867. The average molecular weight is 428 g/mol. The number of halogens is 1. The van der Waals surface area contributed by atoms with E-state index in [1.54, 1.807) is 11.9 Å². The summed E-state index contributed by atoms with van der Waals surface area (Å²) in [7, 11) is 1.74. The van der Waals surface area contributed by atoms with E-state index in [1.165, 1.54) is 0 Å². The molecule has 0 saturated heterocycles. The highest BCUT2D eigenvalue weighted by molar-refractivity contribution is 14.0. The number of amides is 1. The van der Waals surface area contributed by atoms with Crippen LogP contribution in [0.25, 0.3) is 0 Å². The number of hydrogen-bond acceptors (Lipinski definition) is 3. The van der Waals surface area contributed by atoms with Crippen LogP contribution < -0.4 is 11.1 Å². The smallest absolute Gasteiger partial charge is 0.410 e. The zero-order valence-corrected chi connectivity index (χ0v) is 17.3. The molecule has 1 atom stereocenters.